The molecule has 1 unspecified atom stereocenters. The number of Topliss-reactive ketones (excluding diaryl/α,β-unsaturated/α-hetero) is 1. The van der Waals surface area contributed by atoms with E-state index in [9.17, 15) is 37.5 Å². The van der Waals surface area contributed by atoms with Crippen molar-refractivity contribution in [3.05, 3.63) is 41.7 Å². The summed E-state index contributed by atoms with van der Waals surface area (Å²) < 4.78 is 32.6. The first-order chi connectivity index (χ1) is 25.6. The van der Waals surface area contributed by atoms with Gasteiger partial charge in [0.2, 0.25) is 17.6 Å². The number of sulfone groups is 1. The van der Waals surface area contributed by atoms with E-state index in [2.05, 4.69) is 20.9 Å². The maximum absolute atomic E-state index is 14.8. The minimum atomic E-state index is -3.46. The molecule has 4 aliphatic rings. The average molecular weight is 770 g/mol. The molecule has 2 saturated heterocycles. The minimum Gasteiger partial charge on any atom is -0.384 e. The van der Waals surface area contributed by atoms with Crippen molar-refractivity contribution < 1.29 is 42.2 Å². The Labute approximate surface area is 314 Å². The summed E-state index contributed by atoms with van der Waals surface area (Å²) in [6.07, 6.45) is 8.26. The molecule has 1 aromatic heterocycles. The van der Waals surface area contributed by atoms with Gasteiger partial charge in [-0.2, -0.15) is 0 Å². The third kappa shape index (κ3) is 8.52. The zero-order valence-corrected chi connectivity index (χ0v) is 31.7. The molecule has 2 aliphatic heterocycles. The number of aliphatic hydroxyl groups is 1. The highest BCUT2D eigenvalue weighted by Crippen LogP contribution is 2.35. The van der Waals surface area contributed by atoms with Gasteiger partial charge in [0.15, 0.2) is 9.84 Å². The van der Waals surface area contributed by atoms with Crippen molar-refractivity contribution in [2.45, 2.75) is 130 Å². The van der Waals surface area contributed by atoms with Gasteiger partial charge in [-0.3, -0.25) is 24.0 Å². The van der Waals surface area contributed by atoms with Gasteiger partial charge in [-0.15, -0.1) is 5.10 Å². The molecule has 4 amide bonds. The lowest BCUT2D eigenvalue weighted by Gasteiger charge is -2.35. The molecule has 16 nitrogen and oxygen atoms in total. The van der Waals surface area contributed by atoms with E-state index in [4.69, 9.17) is 10.5 Å². The number of amides is 4. The van der Waals surface area contributed by atoms with Crippen LogP contribution in [0.5, 0.6) is 0 Å². The Morgan fingerprint density at radius 1 is 1.02 bits per heavy atom. The fourth-order valence-corrected chi connectivity index (χ4v) is 9.79. The summed E-state index contributed by atoms with van der Waals surface area (Å²) >= 11 is 0. The van der Waals surface area contributed by atoms with E-state index in [-0.39, 0.29) is 48.8 Å². The summed E-state index contributed by atoms with van der Waals surface area (Å²) in [4.78, 5) is 70.0. The van der Waals surface area contributed by atoms with Crippen LogP contribution in [0.15, 0.2) is 35.4 Å². The van der Waals surface area contributed by atoms with Gasteiger partial charge in [0.25, 0.3) is 11.8 Å². The number of benzene rings is 1. The van der Waals surface area contributed by atoms with E-state index in [0.717, 1.165) is 32.1 Å². The minimum absolute atomic E-state index is 0.0116. The Balaban J connectivity index is 1.31. The summed E-state index contributed by atoms with van der Waals surface area (Å²) in [5.41, 5.74) is 3.01. The van der Waals surface area contributed by atoms with Crippen LogP contribution < -0.4 is 16.4 Å². The van der Waals surface area contributed by atoms with Crippen molar-refractivity contribution in [1.82, 2.24) is 30.5 Å². The van der Waals surface area contributed by atoms with Crippen molar-refractivity contribution >= 4 is 39.2 Å². The average Bonchev–Trinajstić information content (AvgIpc) is 3.80. The highest BCUT2D eigenvalue weighted by Gasteiger charge is 2.49. The fourth-order valence-electron chi connectivity index (χ4n) is 8.13. The second-order valence-corrected chi connectivity index (χ2v) is 18.0. The fraction of sp³-hybridized carbons (Fsp3) is 0.649. The van der Waals surface area contributed by atoms with E-state index in [1.54, 1.807) is 13.8 Å². The molecule has 0 spiro atoms. The number of carbonyl (C=O) groups excluding carboxylic acids is 5. The number of nitrogens with one attached hydrogen (secondary N) is 2. The van der Waals surface area contributed by atoms with Gasteiger partial charge in [-0.1, -0.05) is 37.3 Å². The van der Waals surface area contributed by atoms with Crippen molar-refractivity contribution in [3.63, 3.8) is 0 Å². The molecule has 1 aromatic carbocycles. The first kappa shape index (κ1) is 39.5. The number of primary amides is 1. The Bertz CT molecular complexity index is 1840. The number of likely N-dealkylation sites (tertiary alicyclic amines) is 1. The van der Waals surface area contributed by atoms with Gasteiger partial charge >= 0.3 is 0 Å². The monoisotopic (exact) mass is 769 g/mol. The summed E-state index contributed by atoms with van der Waals surface area (Å²) in [6.45, 7) is 3.54. The molecule has 2 aromatic rings. The molecule has 0 radical (unpaired) electrons. The normalized spacial score (nSPS) is 24.7. The topological polar surface area (TPSA) is 233 Å². The summed E-state index contributed by atoms with van der Waals surface area (Å²) in [5, 5.41) is 24.4. The Morgan fingerprint density at radius 2 is 1.72 bits per heavy atom. The second-order valence-electron chi connectivity index (χ2n) is 15.8. The number of hydrogen-bond donors (Lipinski definition) is 4. The Kier molecular flexibility index (Phi) is 11.6. The maximum atomic E-state index is 14.8. The molecule has 2 aliphatic carbocycles. The van der Waals surface area contributed by atoms with Crippen molar-refractivity contribution in [3.8, 4) is 0 Å². The standard InChI is InChI=1S/C37H51N7O9S/c1-36(2,50)30-21-39-42-44(30)25-20-29(34(48)41-37(31(45)32(38)46)15-6-17-53-18-16-37)43(22-25)35(49)28(19-23-7-4-3-5-8-23)40-33(47)24-9-11-26(12-10-24)54(51,52)27-13-14-27/h9-12,21,23,25,27-29,50H,3-8,13-20,22H2,1-2H3,(H2,38,46)(H,40,47)(H,41,48)/t25-,28?,29-,37-/m0/s1. The van der Waals surface area contributed by atoms with Crippen LogP contribution in [-0.2, 0) is 39.4 Å². The predicted octanol–water partition coefficient (Wildman–Crippen LogP) is 1.46. The number of hydrogen-bond acceptors (Lipinski definition) is 11. The zero-order chi connectivity index (χ0) is 38.8. The van der Waals surface area contributed by atoms with Crippen LogP contribution in [0.4, 0.5) is 0 Å². The molecule has 54 heavy (non-hydrogen) atoms. The molecule has 6 rings (SSSR count). The highest BCUT2D eigenvalue weighted by atomic mass is 32.2. The van der Waals surface area contributed by atoms with Gasteiger partial charge < -0.3 is 31.1 Å². The van der Waals surface area contributed by atoms with Crippen LogP contribution in [0.1, 0.15) is 113 Å². The number of carbonyl (C=O) groups is 5. The van der Waals surface area contributed by atoms with Crippen LogP contribution in [0.3, 0.4) is 0 Å². The quantitative estimate of drug-likeness (QED) is 0.213. The SMILES string of the molecule is CC(C)(O)c1cnnn1[C@H]1C[C@@H](C(=O)N[C@@]2(C(=O)C(N)=O)CCCOCC2)N(C(=O)C(CC2CCCCC2)NC(=O)c2ccc(S(=O)(=O)C3CC3)cc2)C1. The molecule has 2 saturated carbocycles. The molecular formula is C37H51N7O9S. The summed E-state index contributed by atoms with van der Waals surface area (Å²) in [7, 11) is -3.46. The Hall–Kier alpha value is -4.22. The number of ether oxygens (including phenoxy) is 1. The van der Waals surface area contributed by atoms with E-state index in [1.807, 2.05) is 0 Å². The largest absolute Gasteiger partial charge is 0.384 e. The molecule has 3 heterocycles. The lowest BCUT2D eigenvalue weighted by atomic mass is 9.84. The first-order valence-corrected chi connectivity index (χ1v) is 20.5. The molecule has 294 valence electrons. The number of nitrogens with two attached hydrogens (primary N) is 1. The van der Waals surface area contributed by atoms with Crippen molar-refractivity contribution in [2.75, 3.05) is 19.8 Å². The number of aromatic nitrogens is 3. The second kappa shape index (κ2) is 15.9. The molecular weight excluding hydrogens is 719 g/mol. The van der Waals surface area contributed by atoms with Crippen molar-refractivity contribution in [2.24, 2.45) is 11.7 Å². The zero-order valence-electron chi connectivity index (χ0n) is 30.9. The van der Waals surface area contributed by atoms with Crippen LogP contribution in [0.2, 0.25) is 0 Å². The third-order valence-corrected chi connectivity index (χ3v) is 13.6. The molecule has 4 fully saturated rings. The summed E-state index contributed by atoms with van der Waals surface area (Å²) in [6, 6.07) is 2.84. The van der Waals surface area contributed by atoms with E-state index < -0.39 is 73.8 Å². The van der Waals surface area contributed by atoms with Gasteiger partial charge in [0, 0.05) is 38.2 Å². The Morgan fingerprint density at radius 3 is 2.37 bits per heavy atom. The van der Waals surface area contributed by atoms with Gasteiger partial charge in [0.05, 0.1) is 28.1 Å². The molecule has 5 N–H and O–H groups in total. The van der Waals surface area contributed by atoms with Crippen LogP contribution in [-0.4, -0.2) is 105 Å². The molecule has 17 heteroatoms. The highest BCUT2D eigenvalue weighted by molar-refractivity contribution is 7.92. The lowest BCUT2D eigenvalue weighted by Crippen LogP contribution is -2.62. The lowest BCUT2D eigenvalue weighted by molar-refractivity contribution is -0.145. The van der Waals surface area contributed by atoms with Crippen LogP contribution >= 0.6 is 0 Å². The third-order valence-electron chi connectivity index (χ3n) is 11.3. The maximum Gasteiger partial charge on any atom is 0.287 e. The van der Waals surface area contributed by atoms with E-state index in [0.29, 0.717) is 38.0 Å². The van der Waals surface area contributed by atoms with E-state index in [1.165, 1.54) is 40.0 Å². The van der Waals surface area contributed by atoms with Crippen molar-refractivity contribution in [1.29, 1.82) is 0 Å². The predicted molar refractivity (Wildman–Crippen MR) is 193 cm³/mol. The number of nitrogens with zero attached hydrogens (tertiary/aromatic N) is 4. The van der Waals surface area contributed by atoms with Gasteiger partial charge in [-0.25, -0.2) is 13.1 Å². The smallest absolute Gasteiger partial charge is 0.287 e. The van der Waals surface area contributed by atoms with Gasteiger partial charge in [-0.05, 0) is 76.1 Å². The molecule has 4 atom stereocenters. The molecule has 0 bridgehead atoms. The number of rotatable bonds is 13. The van der Waals surface area contributed by atoms with Gasteiger partial charge in [0.1, 0.15) is 23.2 Å². The number of ketones is 1. The van der Waals surface area contributed by atoms with E-state index >= 15 is 0 Å². The van der Waals surface area contributed by atoms with Crippen LogP contribution in [0, 0.1) is 5.92 Å². The summed E-state index contributed by atoms with van der Waals surface area (Å²) in [5.74, 6) is -3.78. The van der Waals surface area contributed by atoms with Crippen LogP contribution in [0.25, 0.3) is 0 Å². The first-order valence-electron chi connectivity index (χ1n) is 18.9.